The maximum atomic E-state index is 4.10. The van der Waals surface area contributed by atoms with Crippen molar-refractivity contribution in [2.24, 2.45) is 0 Å². The van der Waals surface area contributed by atoms with Gasteiger partial charge < -0.3 is 0 Å². The molecule has 1 atom stereocenters. The molecule has 1 N–H and O–H groups in total. The average Bonchev–Trinajstić information content (AvgIpc) is 3.01. The van der Waals surface area contributed by atoms with E-state index >= 15 is 0 Å². The zero-order valence-electron chi connectivity index (χ0n) is 9.54. The molecule has 5 nitrogen and oxygen atoms in total. The van der Waals surface area contributed by atoms with Crippen LogP contribution in [0.3, 0.4) is 0 Å². The molecule has 0 bridgehead atoms. The highest BCUT2D eigenvalue weighted by molar-refractivity contribution is 7.03. The van der Waals surface area contributed by atoms with Gasteiger partial charge in [-0.05, 0) is 37.0 Å². The molecule has 2 aromatic heterocycles. The number of aromatic amines is 1. The van der Waals surface area contributed by atoms with E-state index in [1.165, 1.54) is 30.1 Å². The molecule has 2 aromatic rings. The first-order valence-corrected chi connectivity index (χ1v) is 6.73. The lowest BCUT2D eigenvalue weighted by molar-refractivity contribution is 0.196. The molecule has 3 heterocycles. The summed E-state index contributed by atoms with van der Waals surface area (Å²) in [5.41, 5.74) is 2.34. The Bertz CT molecular complexity index is 438. The van der Waals surface area contributed by atoms with Crippen molar-refractivity contribution in [3.05, 3.63) is 29.0 Å². The summed E-state index contributed by atoms with van der Waals surface area (Å²) in [6.45, 7) is 3.16. The van der Waals surface area contributed by atoms with Crippen LogP contribution >= 0.6 is 11.5 Å². The molecular formula is C11H15N5S. The summed E-state index contributed by atoms with van der Waals surface area (Å²) in [4.78, 5) is 2.45. The minimum atomic E-state index is 0.581. The standard InChI is InChI=1S/C11H15N5S/c1-2-9(11-3-4-12-14-11)6-16(5-1)7-10-8-17-15-13-10/h3-4,8-9H,1-2,5-7H2,(H,12,14). The molecule has 0 amide bonds. The smallest absolute Gasteiger partial charge is 0.0895 e. The van der Waals surface area contributed by atoms with Crippen molar-refractivity contribution >= 4 is 11.5 Å². The highest BCUT2D eigenvalue weighted by Gasteiger charge is 2.22. The van der Waals surface area contributed by atoms with Crippen LogP contribution in [0.2, 0.25) is 0 Å². The first-order chi connectivity index (χ1) is 8.42. The van der Waals surface area contributed by atoms with Gasteiger partial charge in [0.15, 0.2) is 0 Å². The van der Waals surface area contributed by atoms with E-state index in [0.29, 0.717) is 5.92 Å². The van der Waals surface area contributed by atoms with Gasteiger partial charge >= 0.3 is 0 Å². The van der Waals surface area contributed by atoms with Crippen LogP contribution in [-0.2, 0) is 6.54 Å². The molecule has 0 spiro atoms. The summed E-state index contributed by atoms with van der Waals surface area (Å²) in [5, 5.41) is 13.3. The molecule has 1 aliphatic rings. The van der Waals surface area contributed by atoms with Gasteiger partial charge in [-0.1, -0.05) is 4.49 Å². The Hall–Kier alpha value is -1.27. The van der Waals surface area contributed by atoms with Gasteiger partial charge in [0.25, 0.3) is 0 Å². The lowest BCUT2D eigenvalue weighted by Gasteiger charge is -2.31. The fourth-order valence-corrected chi connectivity index (χ4v) is 2.87. The fourth-order valence-electron chi connectivity index (χ4n) is 2.43. The fraction of sp³-hybridized carbons (Fsp3) is 0.545. The summed E-state index contributed by atoms with van der Waals surface area (Å²) in [7, 11) is 0. The van der Waals surface area contributed by atoms with E-state index in [1.807, 2.05) is 11.6 Å². The SMILES string of the molecule is c1cc(C2CCCN(Cc3csnn3)C2)[nH]n1. The predicted octanol–water partition coefficient (Wildman–Crippen LogP) is 1.64. The molecule has 1 unspecified atom stereocenters. The van der Waals surface area contributed by atoms with Gasteiger partial charge in [-0.3, -0.25) is 10.00 Å². The van der Waals surface area contributed by atoms with Crippen molar-refractivity contribution in [1.82, 2.24) is 24.7 Å². The third kappa shape index (κ3) is 2.53. The largest absolute Gasteiger partial charge is 0.297 e. The van der Waals surface area contributed by atoms with Crippen molar-refractivity contribution in [2.75, 3.05) is 13.1 Å². The summed E-state index contributed by atoms with van der Waals surface area (Å²) in [6.07, 6.45) is 4.31. The number of nitrogens with zero attached hydrogens (tertiary/aromatic N) is 4. The Morgan fingerprint density at radius 2 is 2.53 bits per heavy atom. The number of aromatic nitrogens is 4. The van der Waals surface area contributed by atoms with E-state index in [1.54, 1.807) is 0 Å². The Balaban J connectivity index is 1.64. The maximum Gasteiger partial charge on any atom is 0.0895 e. The van der Waals surface area contributed by atoms with Crippen LogP contribution in [0.4, 0.5) is 0 Å². The molecular weight excluding hydrogens is 234 g/mol. The minimum absolute atomic E-state index is 0.581. The predicted molar refractivity (Wildman–Crippen MR) is 65.7 cm³/mol. The van der Waals surface area contributed by atoms with E-state index < -0.39 is 0 Å². The van der Waals surface area contributed by atoms with Crippen LogP contribution < -0.4 is 0 Å². The molecule has 90 valence electrons. The van der Waals surface area contributed by atoms with Crippen molar-refractivity contribution in [3.63, 3.8) is 0 Å². The first-order valence-electron chi connectivity index (χ1n) is 5.89. The molecule has 0 saturated carbocycles. The van der Waals surface area contributed by atoms with Gasteiger partial charge in [0.05, 0.1) is 5.69 Å². The van der Waals surface area contributed by atoms with E-state index in [4.69, 9.17) is 0 Å². The Kier molecular flexibility index (Phi) is 3.15. The van der Waals surface area contributed by atoms with Gasteiger partial charge in [0, 0.05) is 36.3 Å². The Morgan fingerprint density at radius 3 is 3.29 bits per heavy atom. The Labute approximate surface area is 104 Å². The number of H-pyrrole nitrogens is 1. The molecule has 1 saturated heterocycles. The molecule has 6 heteroatoms. The molecule has 0 aromatic carbocycles. The zero-order valence-corrected chi connectivity index (χ0v) is 10.4. The quantitative estimate of drug-likeness (QED) is 0.898. The summed E-state index contributed by atoms with van der Waals surface area (Å²) < 4.78 is 3.91. The number of nitrogens with one attached hydrogen (secondary N) is 1. The highest BCUT2D eigenvalue weighted by Crippen LogP contribution is 2.25. The van der Waals surface area contributed by atoms with Gasteiger partial charge in [0.1, 0.15) is 0 Å². The maximum absolute atomic E-state index is 4.10. The van der Waals surface area contributed by atoms with Crippen molar-refractivity contribution in [1.29, 1.82) is 0 Å². The lowest BCUT2D eigenvalue weighted by atomic mass is 9.95. The van der Waals surface area contributed by atoms with Gasteiger partial charge in [0.2, 0.25) is 0 Å². The third-order valence-electron chi connectivity index (χ3n) is 3.26. The molecule has 1 aliphatic heterocycles. The first kappa shape index (κ1) is 10.9. The lowest BCUT2D eigenvalue weighted by Crippen LogP contribution is -2.34. The van der Waals surface area contributed by atoms with Crippen LogP contribution in [0.15, 0.2) is 17.6 Å². The van der Waals surface area contributed by atoms with Crippen molar-refractivity contribution < 1.29 is 0 Å². The third-order valence-corrected chi connectivity index (χ3v) is 3.81. The second-order valence-corrected chi connectivity index (χ2v) is 5.09. The second kappa shape index (κ2) is 4.93. The number of hydrogen-bond acceptors (Lipinski definition) is 5. The van der Waals surface area contributed by atoms with Crippen molar-refractivity contribution in [3.8, 4) is 0 Å². The van der Waals surface area contributed by atoms with Gasteiger partial charge in [-0.25, -0.2) is 0 Å². The molecule has 0 aliphatic carbocycles. The van der Waals surface area contributed by atoms with E-state index in [-0.39, 0.29) is 0 Å². The normalized spacial score (nSPS) is 21.8. The molecule has 17 heavy (non-hydrogen) atoms. The zero-order chi connectivity index (χ0) is 11.5. The van der Waals surface area contributed by atoms with Crippen LogP contribution in [0.5, 0.6) is 0 Å². The Morgan fingerprint density at radius 1 is 1.53 bits per heavy atom. The minimum Gasteiger partial charge on any atom is -0.297 e. The topological polar surface area (TPSA) is 57.7 Å². The summed E-state index contributed by atoms with van der Waals surface area (Å²) in [6, 6.07) is 2.08. The highest BCUT2D eigenvalue weighted by atomic mass is 32.1. The van der Waals surface area contributed by atoms with E-state index in [2.05, 4.69) is 30.8 Å². The van der Waals surface area contributed by atoms with E-state index in [9.17, 15) is 0 Å². The van der Waals surface area contributed by atoms with Gasteiger partial charge in [-0.15, -0.1) is 5.10 Å². The molecule has 0 radical (unpaired) electrons. The summed E-state index contributed by atoms with van der Waals surface area (Å²) in [5.74, 6) is 0.581. The number of likely N-dealkylation sites (tertiary alicyclic amines) is 1. The number of piperidine rings is 1. The van der Waals surface area contributed by atoms with Crippen LogP contribution in [-0.4, -0.2) is 37.8 Å². The number of hydrogen-bond donors (Lipinski definition) is 1. The van der Waals surface area contributed by atoms with Crippen LogP contribution in [0, 0.1) is 0 Å². The van der Waals surface area contributed by atoms with Crippen LogP contribution in [0.25, 0.3) is 0 Å². The monoisotopic (exact) mass is 249 g/mol. The van der Waals surface area contributed by atoms with E-state index in [0.717, 1.165) is 25.3 Å². The average molecular weight is 249 g/mol. The van der Waals surface area contributed by atoms with Crippen molar-refractivity contribution in [2.45, 2.75) is 25.3 Å². The summed E-state index contributed by atoms with van der Waals surface area (Å²) >= 11 is 1.42. The second-order valence-electron chi connectivity index (χ2n) is 4.48. The van der Waals surface area contributed by atoms with Crippen LogP contribution in [0.1, 0.15) is 30.1 Å². The van der Waals surface area contributed by atoms with Gasteiger partial charge in [-0.2, -0.15) is 5.10 Å². The number of rotatable bonds is 3. The molecule has 3 rings (SSSR count). The molecule has 1 fully saturated rings.